The van der Waals surface area contributed by atoms with Crippen molar-refractivity contribution in [2.24, 2.45) is 4.99 Å². The SMILES string of the molecule is O=C1Nc2ccc(Br)cc2C(c2ccccc2)=NC1N1CCOCC1. The molecule has 2 heterocycles. The lowest BCUT2D eigenvalue weighted by Gasteiger charge is -2.30. The molecule has 25 heavy (non-hydrogen) atoms. The summed E-state index contributed by atoms with van der Waals surface area (Å²) < 4.78 is 6.37. The Labute approximate surface area is 154 Å². The number of fused-ring (bicyclic) bond motifs is 1. The second-order valence-electron chi connectivity index (χ2n) is 6.04. The first kappa shape index (κ1) is 16.4. The molecule has 2 aliphatic heterocycles. The summed E-state index contributed by atoms with van der Waals surface area (Å²) in [4.78, 5) is 19.8. The van der Waals surface area contributed by atoms with E-state index in [2.05, 4.69) is 26.1 Å². The van der Waals surface area contributed by atoms with Gasteiger partial charge >= 0.3 is 0 Å². The summed E-state index contributed by atoms with van der Waals surface area (Å²) >= 11 is 3.53. The molecular weight excluding hydrogens is 382 g/mol. The highest BCUT2D eigenvalue weighted by molar-refractivity contribution is 9.10. The molecule has 1 unspecified atom stereocenters. The maximum Gasteiger partial charge on any atom is 0.264 e. The number of benzodiazepines with no additional fused rings is 1. The molecule has 0 aromatic heterocycles. The normalized spacial score (nSPS) is 21.1. The number of hydrogen-bond acceptors (Lipinski definition) is 4. The number of benzene rings is 2. The summed E-state index contributed by atoms with van der Waals surface area (Å²) in [7, 11) is 0. The third kappa shape index (κ3) is 3.38. The van der Waals surface area contributed by atoms with Crippen molar-refractivity contribution in [3.63, 3.8) is 0 Å². The summed E-state index contributed by atoms with van der Waals surface area (Å²) in [6.45, 7) is 2.64. The predicted octanol–water partition coefficient (Wildman–Crippen LogP) is 2.90. The average molecular weight is 400 g/mol. The fourth-order valence-corrected chi connectivity index (χ4v) is 3.53. The highest BCUT2D eigenvalue weighted by Gasteiger charge is 2.31. The minimum Gasteiger partial charge on any atom is -0.379 e. The van der Waals surface area contributed by atoms with Crippen molar-refractivity contribution >= 4 is 33.2 Å². The van der Waals surface area contributed by atoms with Gasteiger partial charge in [0.15, 0.2) is 6.17 Å². The van der Waals surface area contributed by atoms with Crippen molar-refractivity contribution in [2.45, 2.75) is 6.17 Å². The lowest BCUT2D eigenvalue weighted by Crippen LogP contribution is -2.48. The highest BCUT2D eigenvalue weighted by atomic mass is 79.9. The van der Waals surface area contributed by atoms with E-state index in [1.807, 2.05) is 48.5 Å². The van der Waals surface area contributed by atoms with Crippen LogP contribution in [0, 0.1) is 0 Å². The fourth-order valence-electron chi connectivity index (χ4n) is 3.16. The Morgan fingerprint density at radius 1 is 1.12 bits per heavy atom. The summed E-state index contributed by atoms with van der Waals surface area (Å²) in [5, 5.41) is 3.04. The standard InChI is InChI=1S/C19H18BrN3O2/c20-14-6-7-16-15(12-14)17(13-4-2-1-3-5-13)22-18(19(24)21-16)23-8-10-25-11-9-23/h1-7,12,18H,8-11H2,(H,21,24). The lowest BCUT2D eigenvalue weighted by atomic mass is 10.0. The van der Waals surface area contributed by atoms with Gasteiger partial charge < -0.3 is 10.1 Å². The van der Waals surface area contributed by atoms with E-state index < -0.39 is 6.17 Å². The van der Waals surface area contributed by atoms with Gasteiger partial charge in [0.25, 0.3) is 5.91 Å². The van der Waals surface area contributed by atoms with E-state index >= 15 is 0 Å². The van der Waals surface area contributed by atoms with Crippen LogP contribution in [-0.2, 0) is 9.53 Å². The third-order valence-electron chi connectivity index (χ3n) is 4.42. The molecular formula is C19H18BrN3O2. The van der Waals surface area contributed by atoms with Gasteiger partial charge in [-0.3, -0.25) is 14.7 Å². The van der Waals surface area contributed by atoms with Crippen LogP contribution in [0.15, 0.2) is 58.0 Å². The Morgan fingerprint density at radius 3 is 2.64 bits per heavy atom. The molecule has 0 radical (unpaired) electrons. The van der Waals surface area contributed by atoms with Crippen LogP contribution in [0.25, 0.3) is 0 Å². The smallest absolute Gasteiger partial charge is 0.264 e. The molecule has 1 amide bonds. The monoisotopic (exact) mass is 399 g/mol. The Kier molecular flexibility index (Phi) is 4.65. The van der Waals surface area contributed by atoms with Gasteiger partial charge in [-0.1, -0.05) is 46.3 Å². The first-order valence-corrected chi connectivity index (χ1v) is 9.07. The molecule has 1 fully saturated rings. The van der Waals surface area contributed by atoms with E-state index in [9.17, 15) is 4.79 Å². The van der Waals surface area contributed by atoms with Gasteiger partial charge in [-0.2, -0.15) is 0 Å². The number of halogens is 1. The number of aliphatic imine (C=N–C) groups is 1. The van der Waals surface area contributed by atoms with E-state index in [0.717, 1.165) is 27.0 Å². The number of morpholine rings is 1. The number of carbonyl (C=O) groups excluding carboxylic acids is 1. The molecule has 2 aliphatic rings. The van der Waals surface area contributed by atoms with Gasteiger partial charge in [0.2, 0.25) is 0 Å². The van der Waals surface area contributed by atoms with Crippen LogP contribution in [-0.4, -0.2) is 49.0 Å². The van der Waals surface area contributed by atoms with Crippen LogP contribution < -0.4 is 5.32 Å². The van der Waals surface area contributed by atoms with Gasteiger partial charge in [-0.15, -0.1) is 0 Å². The first-order chi connectivity index (χ1) is 12.2. The van der Waals surface area contributed by atoms with Crippen molar-refractivity contribution in [1.82, 2.24) is 4.90 Å². The quantitative estimate of drug-likeness (QED) is 0.844. The number of hydrogen-bond donors (Lipinski definition) is 1. The zero-order valence-corrected chi connectivity index (χ0v) is 15.2. The summed E-state index contributed by atoms with van der Waals surface area (Å²) in [6, 6.07) is 15.8. The van der Waals surface area contributed by atoms with E-state index in [-0.39, 0.29) is 5.91 Å². The minimum absolute atomic E-state index is 0.101. The second-order valence-corrected chi connectivity index (χ2v) is 6.96. The van der Waals surface area contributed by atoms with Gasteiger partial charge in [0, 0.05) is 28.7 Å². The predicted molar refractivity (Wildman–Crippen MR) is 101 cm³/mol. The van der Waals surface area contributed by atoms with Gasteiger partial charge in [-0.25, -0.2) is 0 Å². The molecule has 6 heteroatoms. The van der Waals surface area contributed by atoms with Crippen molar-refractivity contribution in [1.29, 1.82) is 0 Å². The molecule has 2 aromatic carbocycles. The van der Waals surface area contributed by atoms with Crippen molar-refractivity contribution in [2.75, 3.05) is 31.6 Å². The molecule has 4 rings (SSSR count). The minimum atomic E-state index is -0.551. The molecule has 128 valence electrons. The highest BCUT2D eigenvalue weighted by Crippen LogP contribution is 2.28. The van der Waals surface area contributed by atoms with Crippen LogP contribution >= 0.6 is 15.9 Å². The Balaban J connectivity index is 1.84. The zero-order chi connectivity index (χ0) is 17.2. The number of nitrogens with one attached hydrogen (secondary N) is 1. The molecule has 0 spiro atoms. The number of rotatable bonds is 2. The molecule has 1 atom stereocenters. The molecule has 1 N–H and O–H groups in total. The summed E-state index contributed by atoms with van der Waals surface area (Å²) in [6.07, 6.45) is -0.551. The number of carbonyl (C=O) groups is 1. The van der Waals surface area contributed by atoms with Crippen LogP contribution in [0.3, 0.4) is 0 Å². The van der Waals surface area contributed by atoms with Crippen LogP contribution in [0.1, 0.15) is 11.1 Å². The van der Waals surface area contributed by atoms with Gasteiger partial charge in [0.1, 0.15) is 0 Å². The maximum absolute atomic E-state index is 12.8. The topological polar surface area (TPSA) is 53.9 Å². The molecule has 2 aromatic rings. The van der Waals surface area contributed by atoms with Crippen LogP contribution in [0.5, 0.6) is 0 Å². The fraction of sp³-hybridized carbons (Fsp3) is 0.263. The number of nitrogens with zero attached hydrogens (tertiary/aromatic N) is 2. The third-order valence-corrected chi connectivity index (χ3v) is 4.91. The Morgan fingerprint density at radius 2 is 1.88 bits per heavy atom. The summed E-state index contributed by atoms with van der Waals surface area (Å²) in [5.41, 5.74) is 3.53. The van der Waals surface area contributed by atoms with Crippen molar-refractivity contribution < 1.29 is 9.53 Å². The van der Waals surface area contributed by atoms with E-state index in [1.165, 1.54) is 0 Å². The second kappa shape index (κ2) is 7.07. The van der Waals surface area contributed by atoms with Crippen molar-refractivity contribution in [3.8, 4) is 0 Å². The largest absolute Gasteiger partial charge is 0.379 e. The molecule has 0 saturated carbocycles. The van der Waals surface area contributed by atoms with E-state index in [1.54, 1.807) is 0 Å². The first-order valence-electron chi connectivity index (χ1n) is 8.28. The van der Waals surface area contributed by atoms with E-state index in [4.69, 9.17) is 9.73 Å². The average Bonchev–Trinajstić information content (AvgIpc) is 2.79. The maximum atomic E-state index is 12.8. The molecule has 5 nitrogen and oxygen atoms in total. The Bertz CT molecular complexity index is 817. The number of anilines is 1. The Hall–Kier alpha value is -2.02. The number of amides is 1. The number of ether oxygens (including phenoxy) is 1. The molecule has 1 saturated heterocycles. The molecule has 0 aliphatic carbocycles. The zero-order valence-electron chi connectivity index (χ0n) is 13.6. The summed E-state index contributed by atoms with van der Waals surface area (Å²) in [5.74, 6) is -0.101. The van der Waals surface area contributed by atoms with E-state index in [0.29, 0.717) is 26.3 Å². The van der Waals surface area contributed by atoms with Crippen molar-refractivity contribution in [3.05, 3.63) is 64.1 Å². The van der Waals surface area contributed by atoms with Crippen LogP contribution in [0.4, 0.5) is 5.69 Å². The van der Waals surface area contributed by atoms with Crippen LogP contribution in [0.2, 0.25) is 0 Å². The van der Waals surface area contributed by atoms with Gasteiger partial charge in [-0.05, 0) is 18.2 Å². The lowest BCUT2D eigenvalue weighted by molar-refractivity contribution is -0.122. The van der Waals surface area contributed by atoms with Gasteiger partial charge in [0.05, 0.1) is 24.6 Å². The molecule has 0 bridgehead atoms.